The maximum absolute atomic E-state index is 8.71. The number of methoxy groups -OCH3 is 1. The first-order valence-electron chi connectivity index (χ1n) is 8.90. The molecule has 0 aliphatic rings. The Labute approximate surface area is 170 Å². The maximum atomic E-state index is 8.71. The molecule has 0 aliphatic carbocycles. The van der Waals surface area contributed by atoms with E-state index in [1.54, 1.807) is 25.3 Å². The Hall–Kier alpha value is -1.50. The van der Waals surface area contributed by atoms with E-state index in [0.29, 0.717) is 28.1 Å². The summed E-state index contributed by atoms with van der Waals surface area (Å²) in [6.45, 7) is 3.60. The van der Waals surface area contributed by atoms with Crippen molar-refractivity contribution in [2.75, 3.05) is 33.4 Å². The highest BCUT2D eigenvalue weighted by molar-refractivity contribution is 6.35. The van der Waals surface area contributed by atoms with Crippen LogP contribution in [0.3, 0.4) is 0 Å². The quantitative estimate of drug-likeness (QED) is 0.464. The largest absolute Gasteiger partial charge is 0.493 e. The molecule has 0 unspecified atom stereocenters. The second kappa shape index (κ2) is 12.1. The van der Waals surface area contributed by atoms with Crippen LogP contribution in [0.2, 0.25) is 10.0 Å². The molecule has 0 spiro atoms. The smallest absolute Gasteiger partial charge is 0.161 e. The van der Waals surface area contributed by atoms with Crippen molar-refractivity contribution in [1.82, 2.24) is 10.6 Å². The summed E-state index contributed by atoms with van der Waals surface area (Å²) in [7, 11) is 1.62. The molecule has 0 bridgehead atoms. The van der Waals surface area contributed by atoms with Gasteiger partial charge in [0.15, 0.2) is 11.5 Å². The fourth-order valence-electron chi connectivity index (χ4n) is 2.54. The molecule has 5 nitrogen and oxygen atoms in total. The van der Waals surface area contributed by atoms with Crippen LogP contribution < -0.4 is 20.1 Å². The van der Waals surface area contributed by atoms with Crippen molar-refractivity contribution in [1.29, 1.82) is 0 Å². The van der Waals surface area contributed by atoms with Crippen molar-refractivity contribution in [3.05, 3.63) is 57.6 Å². The monoisotopic (exact) mass is 412 g/mol. The van der Waals surface area contributed by atoms with E-state index < -0.39 is 0 Å². The number of hydrogen-bond acceptors (Lipinski definition) is 5. The predicted molar refractivity (Wildman–Crippen MR) is 110 cm³/mol. The van der Waals surface area contributed by atoms with E-state index in [1.807, 2.05) is 18.2 Å². The van der Waals surface area contributed by atoms with Crippen LogP contribution in [-0.2, 0) is 13.2 Å². The Kier molecular flexibility index (Phi) is 9.73. The number of aliphatic hydroxyl groups excluding tert-OH is 1. The van der Waals surface area contributed by atoms with E-state index in [-0.39, 0.29) is 13.2 Å². The third kappa shape index (κ3) is 7.20. The molecule has 7 heteroatoms. The minimum absolute atomic E-state index is 0.171. The van der Waals surface area contributed by atoms with Gasteiger partial charge in [0, 0.05) is 28.7 Å². The van der Waals surface area contributed by atoms with Gasteiger partial charge in [-0.2, -0.15) is 0 Å². The third-order valence-corrected chi connectivity index (χ3v) is 4.69. The molecule has 3 N–H and O–H groups in total. The molecule has 0 heterocycles. The minimum Gasteiger partial charge on any atom is -0.493 e. The van der Waals surface area contributed by atoms with Gasteiger partial charge in [-0.05, 0) is 49.3 Å². The summed E-state index contributed by atoms with van der Waals surface area (Å²) in [6.07, 6.45) is 0.997. The number of hydrogen-bond donors (Lipinski definition) is 3. The first kappa shape index (κ1) is 21.8. The van der Waals surface area contributed by atoms with Gasteiger partial charge in [-0.15, -0.1) is 0 Å². The van der Waals surface area contributed by atoms with Crippen LogP contribution in [0.15, 0.2) is 36.4 Å². The van der Waals surface area contributed by atoms with Crippen molar-refractivity contribution >= 4 is 23.2 Å². The standard InChI is InChI=1S/C20H26Cl2N2O3/c1-26-20-12-15(13-24-9-3-8-23-10-11-25)6-7-19(20)27-14-16-17(21)4-2-5-18(16)22/h2,4-7,12,23-25H,3,8-11,13-14H2,1H3. The molecule has 2 rings (SSSR count). The molecule has 0 atom stereocenters. The summed E-state index contributed by atoms with van der Waals surface area (Å²) in [5.41, 5.74) is 1.86. The highest BCUT2D eigenvalue weighted by atomic mass is 35.5. The second-order valence-corrected chi connectivity index (χ2v) is 6.79. The Bertz CT molecular complexity index is 693. The highest BCUT2D eigenvalue weighted by Gasteiger charge is 2.10. The molecule has 0 amide bonds. The van der Waals surface area contributed by atoms with Crippen molar-refractivity contribution in [3.63, 3.8) is 0 Å². The average Bonchev–Trinajstić information content (AvgIpc) is 2.67. The van der Waals surface area contributed by atoms with E-state index in [4.69, 9.17) is 37.8 Å². The lowest BCUT2D eigenvalue weighted by atomic mass is 10.2. The first-order valence-corrected chi connectivity index (χ1v) is 9.66. The molecule has 0 saturated heterocycles. The van der Waals surface area contributed by atoms with Crippen molar-refractivity contribution in [3.8, 4) is 11.5 Å². The van der Waals surface area contributed by atoms with E-state index in [2.05, 4.69) is 10.6 Å². The summed E-state index contributed by atoms with van der Waals surface area (Å²) in [5, 5.41) is 16.4. The molecule has 148 valence electrons. The molecule has 0 aromatic heterocycles. The fraction of sp³-hybridized carbons (Fsp3) is 0.400. The van der Waals surface area contributed by atoms with E-state index in [1.165, 1.54) is 0 Å². The molecule has 0 radical (unpaired) electrons. The minimum atomic E-state index is 0.171. The van der Waals surface area contributed by atoms with E-state index in [0.717, 1.165) is 37.2 Å². The molecule has 0 saturated carbocycles. The number of ether oxygens (including phenoxy) is 2. The fourth-order valence-corrected chi connectivity index (χ4v) is 3.04. The molecule has 2 aromatic carbocycles. The van der Waals surface area contributed by atoms with Gasteiger partial charge in [-0.3, -0.25) is 0 Å². The number of nitrogens with one attached hydrogen (secondary N) is 2. The lowest BCUT2D eigenvalue weighted by Crippen LogP contribution is -2.23. The zero-order chi connectivity index (χ0) is 19.5. The van der Waals surface area contributed by atoms with Crippen LogP contribution in [0.5, 0.6) is 11.5 Å². The van der Waals surface area contributed by atoms with E-state index >= 15 is 0 Å². The van der Waals surface area contributed by atoms with Gasteiger partial charge in [0.05, 0.1) is 13.7 Å². The summed E-state index contributed by atoms with van der Waals surface area (Å²) >= 11 is 12.4. The number of rotatable bonds is 12. The SMILES string of the molecule is COc1cc(CNCCCNCCO)ccc1OCc1c(Cl)cccc1Cl. The molecule has 0 aliphatic heterocycles. The van der Waals surface area contributed by atoms with Crippen LogP contribution in [0.4, 0.5) is 0 Å². The molecular weight excluding hydrogens is 387 g/mol. The Morgan fingerprint density at radius 1 is 0.963 bits per heavy atom. The van der Waals surface area contributed by atoms with Gasteiger partial charge in [0.1, 0.15) is 6.61 Å². The summed E-state index contributed by atoms with van der Waals surface area (Å²) < 4.78 is 11.3. The summed E-state index contributed by atoms with van der Waals surface area (Å²) in [6, 6.07) is 11.2. The van der Waals surface area contributed by atoms with Crippen molar-refractivity contribution in [2.24, 2.45) is 0 Å². The third-order valence-electron chi connectivity index (χ3n) is 3.99. The van der Waals surface area contributed by atoms with Gasteiger partial charge in [0.25, 0.3) is 0 Å². The Balaban J connectivity index is 1.86. The Morgan fingerprint density at radius 3 is 2.41 bits per heavy atom. The van der Waals surface area contributed by atoms with E-state index in [9.17, 15) is 0 Å². The van der Waals surface area contributed by atoms with Gasteiger partial charge in [-0.25, -0.2) is 0 Å². The van der Waals surface area contributed by atoms with Gasteiger partial charge in [0.2, 0.25) is 0 Å². The van der Waals surface area contributed by atoms with Gasteiger partial charge >= 0.3 is 0 Å². The van der Waals surface area contributed by atoms with Gasteiger partial charge < -0.3 is 25.2 Å². The Morgan fingerprint density at radius 2 is 1.70 bits per heavy atom. The second-order valence-electron chi connectivity index (χ2n) is 5.98. The maximum Gasteiger partial charge on any atom is 0.161 e. The predicted octanol–water partition coefficient (Wildman–Crippen LogP) is 3.64. The average molecular weight is 413 g/mol. The van der Waals surface area contributed by atoms with Crippen molar-refractivity contribution < 1.29 is 14.6 Å². The van der Waals surface area contributed by atoms with Crippen LogP contribution in [0, 0.1) is 0 Å². The zero-order valence-electron chi connectivity index (χ0n) is 15.4. The van der Waals surface area contributed by atoms with Crippen LogP contribution in [0.1, 0.15) is 17.5 Å². The lowest BCUT2D eigenvalue weighted by molar-refractivity contribution is 0.284. The normalized spacial score (nSPS) is 10.8. The lowest BCUT2D eigenvalue weighted by Gasteiger charge is -2.14. The molecule has 27 heavy (non-hydrogen) atoms. The number of halogens is 2. The van der Waals surface area contributed by atoms with Gasteiger partial charge in [-0.1, -0.05) is 35.3 Å². The van der Waals surface area contributed by atoms with Crippen LogP contribution in [0.25, 0.3) is 0 Å². The topological polar surface area (TPSA) is 62.8 Å². The van der Waals surface area contributed by atoms with Crippen LogP contribution in [-0.4, -0.2) is 38.5 Å². The molecular formula is C20H26Cl2N2O3. The zero-order valence-corrected chi connectivity index (χ0v) is 16.9. The molecule has 0 fully saturated rings. The molecule has 2 aromatic rings. The summed E-state index contributed by atoms with van der Waals surface area (Å²) in [4.78, 5) is 0. The highest BCUT2D eigenvalue weighted by Crippen LogP contribution is 2.31. The van der Waals surface area contributed by atoms with Crippen molar-refractivity contribution in [2.45, 2.75) is 19.6 Å². The first-order chi connectivity index (χ1) is 13.2. The number of aliphatic hydroxyl groups is 1. The van der Waals surface area contributed by atoms with Crippen LogP contribution >= 0.6 is 23.2 Å². The number of benzene rings is 2. The summed E-state index contributed by atoms with van der Waals surface area (Å²) in [5.74, 6) is 1.31.